The molecule has 0 saturated carbocycles. The van der Waals surface area contributed by atoms with Crippen molar-refractivity contribution < 1.29 is 4.79 Å². The number of rotatable bonds is 6. The highest BCUT2D eigenvalue weighted by atomic mass is 32.1. The van der Waals surface area contributed by atoms with Crippen LogP contribution in [0.3, 0.4) is 0 Å². The van der Waals surface area contributed by atoms with Crippen LogP contribution in [0.1, 0.15) is 15.9 Å². The topological polar surface area (TPSA) is 59.0 Å². The lowest BCUT2D eigenvalue weighted by Crippen LogP contribution is -2.30. The fourth-order valence-corrected chi connectivity index (χ4v) is 2.89. The number of hydrogen-bond donors (Lipinski definition) is 0. The lowest BCUT2D eigenvalue weighted by molar-refractivity contribution is 0.0762. The monoisotopic (exact) mass is 336 g/mol. The highest BCUT2D eigenvalue weighted by molar-refractivity contribution is 7.07. The minimum atomic E-state index is -0.117. The van der Waals surface area contributed by atoms with Crippen LogP contribution in [0.4, 0.5) is 0 Å². The summed E-state index contributed by atoms with van der Waals surface area (Å²) in [6, 6.07) is 7.54. The van der Waals surface area contributed by atoms with Gasteiger partial charge in [0.1, 0.15) is 5.69 Å². The van der Waals surface area contributed by atoms with Crippen LogP contribution in [0.25, 0.3) is 11.5 Å². The summed E-state index contributed by atoms with van der Waals surface area (Å²) >= 11 is 1.61. The summed E-state index contributed by atoms with van der Waals surface area (Å²) in [6.07, 6.45) is 6.49. The van der Waals surface area contributed by atoms with Gasteiger partial charge in [-0.15, -0.1) is 6.58 Å². The first-order valence-corrected chi connectivity index (χ1v) is 8.37. The lowest BCUT2D eigenvalue weighted by atomic mass is 10.2. The first kappa shape index (κ1) is 16.0. The van der Waals surface area contributed by atoms with Gasteiger partial charge in [0, 0.05) is 31.7 Å². The normalized spacial score (nSPS) is 10.3. The van der Waals surface area contributed by atoms with E-state index in [2.05, 4.69) is 21.5 Å². The predicted molar refractivity (Wildman–Crippen MR) is 94.5 cm³/mol. The van der Waals surface area contributed by atoms with Crippen molar-refractivity contribution in [2.75, 3.05) is 6.54 Å². The van der Waals surface area contributed by atoms with Crippen LogP contribution >= 0.6 is 11.3 Å². The smallest absolute Gasteiger partial charge is 0.257 e. The first-order valence-electron chi connectivity index (χ1n) is 7.42. The molecule has 3 aromatic heterocycles. The van der Waals surface area contributed by atoms with Crippen LogP contribution in [-0.2, 0) is 6.54 Å². The van der Waals surface area contributed by atoms with Crippen LogP contribution in [0.5, 0.6) is 0 Å². The summed E-state index contributed by atoms with van der Waals surface area (Å²) in [6.45, 7) is 4.74. The van der Waals surface area contributed by atoms with Gasteiger partial charge in [0.15, 0.2) is 5.82 Å². The average Bonchev–Trinajstić information content (AvgIpc) is 3.15. The molecule has 120 valence electrons. The maximum absolute atomic E-state index is 12.7. The molecule has 0 aliphatic rings. The van der Waals surface area contributed by atoms with E-state index in [0.717, 1.165) is 5.56 Å². The Labute approximate surface area is 144 Å². The number of carbonyl (C=O) groups is 1. The van der Waals surface area contributed by atoms with Gasteiger partial charge in [0.2, 0.25) is 0 Å². The molecular weight excluding hydrogens is 320 g/mol. The summed E-state index contributed by atoms with van der Waals surface area (Å²) < 4.78 is 0. The summed E-state index contributed by atoms with van der Waals surface area (Å²) in [5, 5.41) is 4.03. The Kier molecular flexibility index (Phi) is 5.08. The molecule has 0 aliphatic heterocycles. The molecule has 1 amide bonds. The lowest BCUT2D eigenvalue weighted by Gasteiger charge is -2.20. The molecule has 0 aromatic carbocycles. The van der Waals surface area contributed by atoms with Gasteiger partial charge in [0.05, 0.1) is 5.56 Å². The number of nitrogens with zero attached hydrogens (tertiary/aromatic N) is 4. The van der Waals surface area contributed by atoms with Crippen molar-refractivity contribution in [2.45, 2.75) is 6.54 Å². The minimum absolute atomic E-state index is 0.117. The van der Waals surface area contributed by atoms with Crippen LogP contribution in [-0.4, -0.2) is 32.3 Å². The maximum atomic E-state index is 12.7. The maximum Gasteiger partial charge on any atom is 0.257 e. The van der Waals surface area contributed by atoms with Crippen molar-refractivity contribution >= 4 is 17.2 Å². The van der Waals surface area contributed by atoms with Gasteiger partial charge in [0.25, 0.3) is 5.91 Å². The van der Waals surface area contributed by atoms with E-state index in [9.17, 15) is 4.79 Å². The van der Waals surface area contributed by atoms with Gasteiger partial charge in [-0.2, -0.15) is 11.3 Å². The van der Waals surface area contributed by atoms with Crippen molar-refractivity contribution in [3.63, 3.8) is 0 Å². The average molecular weight is 336 g/mol. The van der Waals surface area contributed by atoms with E-state index in [1.165, 1.54) is 0 Å². The molecule has 6 heteroatoms. The van der Waals surface area contributed by atoms with Gasteiger partial charge in [-0.1, -0.05) is 12.1 Å². The van der Waals surface area contributed by atoms with E-state index in [0.29, 0.717) is 30.2 Å². The zero-order valence-corrected chi connectivity index (χ0v) is 13.8. The summed E-state index contributed by atoms with van der Waals surface area (Å²) in [7, 11) is 0. The highest BCUT2D eigenvalue weighted by Gasteiger charge is 2.16. The number of hydrogen-bond acceptors (Lipinski definition) is 5. The van der Waals surface area contributed by atoms with Crippen LogP contribution in [0.2, 0.25) is 0 Å². The first-order chi connectivity index (χ1) is 11.8. The Morgan fingerprint density at radius 3 is 2.67 bits per heavy atom. The molecule has 24 heavy (non-hydrogen) atoms. The van der Waals surface area contributed by atoms with Gasteiger partial charge in [-0.3, -0.25) is 9.78 Å². The van der Waals surface area contributed by atoms with Crippen molar-refractivity contribution in [1.29, 1.82) is 0 Å². The third-order valence-corrected chi connectivity index (χ3v) is 4.12. The summed E-state index contributed by atoms with van der Waals surface area (Å²) in [5.41, 5.74) is 2.23. The van der Waals surface area contributed by atoms with Crippen molar-refractivity contribution in [3.05, 3.63) is 77.4 Å². The molecule has 0 spiro atoms. The van der Waals surface area contributed by atoms with Crippen molar-refractivity contribution in [3.8, 4) is 11.5 Å². The van der Waals surface area contributed by atoms with Crippen LogP contribution in [0.15, 0.2) is 66.3 Å². The van der Waals surface area contributed by atoms with Crippen LogP contribution in [0, 0.1) is 0 Å². The molecule has 0 bridgehead atoms. The summed E-state index contributed by atoms with van der Waals surface area (Å²) in [5.74, 6) is 0.383. The number of pyridine rings is 1. The molecule has 0 radical (unpaired) electrons. The van der Waals surface area contributed by atoms with E-state index in [1.54, 1.807) is 40.9 Å². The molecule has 0 aliphatic carbocycles. The third kappa shape index (κ3) is 3.72. The molecule has 3 heterocycles. The molecule has 0 atom stereocenters. The van der Waals surface area contributed by atoms with E-state index >= 15 is 0 Å². The number of thiophene rings is 1. The second kappa shape index (κ2) is 7.61. The van der Waals surface area contributed by atoms with Gasteiger partial charge < -0.3 is 4.90 Å². The molecule has 5 nitrogen and oxygen atoms in total. The molecule has 0 saturated heterocycles. The Morgan fingerprint density at radius 1 is 1.21 bits per heavy atom. The Balaban J connectivity index is 1.78. The zero-order chi connectivity index (χ0) is 16.8. The SMILES string of the molecule is C=CCN(Cc1ccsc1)C(=O)c1cnc(-c2ccccn2)nc1. The molecule has 0 N–H and O–H groups in total. The van der Waals surface area contributed by atoms with E-state index in [1.807, 2.05) is 35.0 Å². The second-order valence-corrected chi connectivity index (χ2v) is 5.90. The fraction of sp³-hybridized carbons (Fsp3) is 0.111. The van der Waals surface area contributed by atoms with E-state index in [4.69, 9.17) is 0 Å². The third-order valence-electron chi connectivity index (χ3n) is 3.38. The number of carbonyl (C=O) groups excluding carboxylic acids is 1. The molecule has 3 aromatic rings. The van der Waals surface area contributed by atoms with Gasteiger partial charge in [-0.25, -0.2) is 9.97 Å². The molecular formula is C18H16N4OS. The quantitative estimate of drug-likeness (QED) is 0.647. The molecule has 3 rings (SSSR count). The Hall–Kier alpha value is -2.86. The summed E-state index contributed by atoms with van der Waals surface area (Å²) in [4.78, 5) is 27.1. The van der Waals surface area contributed by atoms with Crippen LogP contribution < -0.4 is 0 Å². The largest absolute Gasteiger partial charge is 0.330 e. The number of aromatic nitrogens is 3. The second-order valence-electron chi connectivity index (χ2n) is 5.12. The predicted octanol–water partition coefficient (Wildman–Crippen LogP) is 3.43. The van der Waals surface area contributed by atoms with E-state index < -0.39 is 0 Å². The van der Waals surface area contributed by atoms with Crippen molar-refractivity contribution in [2.24, 2.45) is 0 Å². The van der Waals surface area contributed by atoms with E-state index in [-0.39, 0.29) is 5.91 Å². The standard InChI is InChI=1S/C18H16N4OS/c1-2-8-22(12-14-6-9-24-13-14)18(23)15-10-20-17(21-11-15)16-5-3-4-7-19-16/h2-7,9-11,13H,1,8,12H2. The van der Waals surface area contributed by atoms with Crippen molar-refractivity contribution in [1.82, 2.24) is 19.9 Å². The molecule has 0 unspecified atom stereocenters. The van der Waals surface area contributed by atoms with Gasteiger partial charge >= 0.3 is 0 Å². The highest BCUT2D eigenvalue weighted by Crippen LogP contribution is 2.14. The Bertz CT molecular complexity index is 801. The molecule has 0 fully saturated rings. The van der Waals surface area contributed by atoms with Gasteiger partial charge in [-0.05, 0) is 34.5 Å². The fourth-order valence-electron chi connectivity index (χ4n) is 2.23. The minimum Gasteiger partial charge on any atom is -0.330 e. The number of amides is 1. The zero-order valence-electron chi connectivity index (χ0n) is 13.0. The Morgan fingerprint density at radius 2 is 2.04 bits per heavy atom.